The van der Waals surface area contributed by atoms with Crippen LogP contribution in [-0.4, -0.2) is 24.3 Å². The molecule has 0 fully saturated rings. The summed E-state index contributed by atoms with van der Waals surface area (Å²) >= 11 is 0. The molecule has 1 aromatic carbocycles. The summed E-state index contributed by atoms with van der Waals surface area (Å²) in [5, 5.41) is 13.3. The van der Waals surface area contributed by atoms with E-state index in [0.29, 0.717) is 5.92 Å². The third-order valence-corrected chi connectivity index (χ3v) is 5.10. The van der Waals surface area contributed by atoms with E-state index in [0.717, 1.165) is 31.8 Å². The summed E-state index contributed by atoms with van der Waals surface area (Å²) in [6.45, 7) is 3.88. The van der Waals surface area contributed by atoms with Crippen molar-refractivity contribution in [3.05, 3.63) is 34.9 Å². The van der Waals surface area contributed by atoms with Gasteiger partial charge in [-0.3, -0.25) is 0 Å². The Balaban J connectivity index is 1.62. The first-order valence-corrected chi connectivity index (χ1v) is 8.30. The predicted octanol–water partition coefficient (Wildman–Crippen LogP) is 3.34. The van der Waals surface area contributed by atoms with E-state index in [1.54, 1.807) is 16.7 Å². The monoisotopic (exact) mass is 273 g/mol. The molecule has 0 aliphatic heterocycles. The molecule has 0 saturated carbocycles. The second-order valence-electron chi connectivity index (χ2n) is 6.53. The summed E-state index contributed by atoms with van der Waals surface area (Å²) in [6.07, 6.45) is 7.08. The first-order chi connectivity index (χ1) is 9.79. The summed E-state index contributed by atoms with van der Waals surface area (Å²) in [5.41, 5.74) is 4.87. The molecule has 0 heterocycles. The van der Waals surface area contributed by atoms with Gasteiger partial charge in [0.15, 0.2) is 0 Å². The highest BCUT2D eigenvalue weighted by Crippen LogP contribution is 2.46. The highest BCUT2D eigenvalue weighted by atomic mass is 16.3. The summed E-state index contributed by atoms with van der Waals surface area (Å²) < 4.78 is 0. The normalized spacial score (nSPS) is 25.5. The number of aliphatic hydroxyl groups is 1. The lowest BCUT2D eigenvalue weighted by Gasteiger charge is -2.30. The van der Waals surface area contributed by atoms with Crippen LogP contribution in [0.25, 0.3) is 0 Å². The van der Waals surface area contributed by atoms with E-state index in [4.69, 9.17) is 0 Å². The molecule has 2 heteroatoms. The molecule has 2 aliphatic rings. The van der Waals surface area contributed by atoms with Gasteiger partial charge < -0.3 is 10.4 Å². The van der Waals surface area contributed by atoms with Crippen LogP contribution in [0.5, 0.6) is 0 Å². The van der Waals surface area contributed by atoms with Crippen molar-refractivity contribution in [1.82, 2.24) is 5.32 Å². The van der Waals surface area contributed by atoms with Crippen LogP contribution in [0.15, 0.2) is 18.2 Å². The van der Waals surface area contributed by atoms with Crippen molar-refractivity contribution in [1.29, 1.82) is 0 Å². The Labute approximate surface area is 122 Å². The predicted molar refractivity (Wildman–Crippen MR) is 83.3 cm³/mol. The molecular weight excluding hydrogens is 246 g/mol. The summed E-state index contributed by atoms with van der Waals surface area (Å²) in [4.78, 5) is 0. The largest absolute Gasteiger partial charge is 0.392 e. The fourth-order valence-electron chi connectivity index (χ4n) is 4.10. The van der Waals surface area contributed by atoms with E-state index in [-0.39, 0.29) is 6.10 Å². The zero-order valence-electron chi connectivity index (χ0n) is 12.6. The average Bonchev–Trinajstić information content (AvgIpc) is 2.87. The summed E-state index contributed by atoms with van der Waals surface area (Å²) in [5.74, 6) is 1.48. The summed E-state index contributed by atoms with van der Waals surface area (Å²) in [7, 11) is 0. The van der Waals surface area contributed by atoms with E-state index in [1.807, 2.05) is 0 Å². The Morgan fingerprint density at radius 1 is 1.30 bits per heavy atom. The molecule has 0 amide bonds. The molecule has 2 nitrogen and oxygen atoms in total. The number of hydrogen-bond acceptors (Lipinski definition) is 2. The Hall–Kier alpha value is -0.860. The van der Waals surface area contributed by atoms with E-state index in [9.17, 15) is 5.11 Å². The third-order valence-electron chi connectivity index (χ3n) is 5.10. The molecule has 0 saturated heterocycles. The number of benzene rings is 1. The van der Waals surface area contributed by atoms with Crippen molar-refractivity contribution in [3.8, 4) is 0 Å². The standard InChI is InChI=1S/C18H27NO/c1-2-4-16(20)12-19-11-15-10-9-14-8-7-13-5-3-6-17(15)18(13)14/h3,5-6,14-16,19-20H,2,4,7-12H2,1H3/t14-,15+,16-/m0/s1. The maximum Gasteiger partial charge on any atom is 0.0664 e. The van der Waals surface area contributed by atoms with Crippen LogP contribution in [0.4, 0.5) is 0 Å². The molecule has 20 heavy (non-hydrogen) atoms. The maximum absolute atomic E-state index is 9.81. The Morgan fingerprint density at radius 3 is 3.05 bits per heavy atom. The highest BCUT2D eigenvalue weighted by Gasteiger charge is 2.32. The van der Waals surface area contributed by atoms with Gasteiger partial charge >= 0.3 is 0 Å². The fraction of sp³-hybridized carbons (Fsp3) is 0.667. The Morgan fingerprint density at radius 2 is 2.20 bits per heavy atom. The van der Waals surface area contributed by atoms with Gasteiger partial charge in [0.25, 0.3) is 0 Å². The molecule has 0 radical (unpaired) electrons. The quantitative estimate of drug-likeness (QED) is 0.833. The summed E-state index contributed by atoms with van der Waals surface area (Å²) in [6, 6.07) is 6.89. The molecule has 3 atom stereocenters. The SMILES string of the molecule is CCC[C@H](O)CNC[C@H]1CC[C@@H]2CCc3cccc1c32. The number of rotatable bonds is 6. The van der Waals surface area contributed by atoms with Crippen LogP contribution in [-0.2, 0) is 6.42 Å². The van der Waals surface area contributed by atoms with Gasteiger partial charge in [-0.25, -0.2) is 0 Å². The smallest absolute Gasteiger partial charge is 0.0664 e. The van der Waals surface area contributed by atoms with Gasteiger partial charge in [-0.15, -0.1) is 0 Å². The van der Waals surface area contributed by atoms with E-state index in [2.05, 4.69) is 30.4 Å². The van der Waals surface area contributed by atoms with Crippen molar-refractivity contribution < 1.29 is 5.11 Å². The van der Waals surface area contributed by atoms with Gasteiger partial charge in [0, 0.05) is 13.1 Å². The van der Waals surface area contributed by atoms with Gasteiger partial charge in [0.2, 0.25) is 0 Å². The van der Waals surface area contributed by atoms with Crippen LogP contribution in [0, 0.1) is 0 Å². The first-order valence-electron chi connectivity index (χ1n) is 8.30. The molecule has 110 valence electrons. The third kappa shape index (κ3) is 2.77. The Kier molecular flexibility index (Phi) is 4.42. The zero-order valence-corrected chi connectivity index (χ0v) is 12.6. The molecule has 1 aromatic rings. The minimum atomic E-state index is -0.183. The van der Waals surface area contributed by atoms with Crippen LogP contribution < -0.4 is 5.32 Å². The molecule has 0 unspecified atom stereocenters. The number of aliphatic hydroxyl groups excluding tert-OH is 1. The second-order valence-corrected chi connectivity index (χ2v) is 6.53. The molecule has 2 N–H and O–H groups in total. The van der Waals surface area contributed by atoms with E-state index < -0.39 is 0 Å². The maximum atomic E-state index is 9.81. The van der Waals surface area contributed by atoms with Gasteiger partial charge in [0.1, 0.15) is 0 Å². The van der Waals surface area contributed by atoms with Crippen LogP contribution in [0.2, 0.25) is 0 Å². The molecule has 3 rings (SSSR count). The molecular formula is C18H27NO. The number of nitrogens with one attached hydrogen (secondary N) is 1. The highest BCUT2D eigenvalue weighted by molar-refractivity contribution is 5.45. The topological polar surface area (TPSA) is 32.3 Å². The number of aryl methyl sites for hydroxylation is 1. The van der Waals surface area contributed by atoms with Gasteiger partial charge in [-0.2, -0.15) is 0 Å². The number of hydrogen-bond donors (Lipinski definition) is 2. The van der Waals surface area contributed by atoms with Gasteiger partial charge in [-0.1, -0.05) is 31.5 Å². The van der Waals surface area contributed by atoms with E-state index >= 15 is 0 Å². The van der Waals surface area contributed by atoms with Crippen molar-refractivity contribution >= 4 is 0 Å². The Bertz CT molecular complexity index is 457. The van der Waals surface area contributed by atoms with Crippen molar-refractivity contribution in [2.45, 2.75) is 63.4 Å². The average molecular weight is 273 g/mol. The second kappa shape index (κ2) is 6.28. The lowest BCUT2D eigenvalue weighted by atomic mass is 9.77. The lowest BCUT2D eigenvalue weighted by Crippen LogP contribution is -2.31. The lowest BCUT2D eigenvalue weighted by molar-refractivity contribution is 0.160. The molecule has 0 bridgehead atoms. The van der Waals surface area contributed by atoms with Crippen LogP contribution >= 0.6 is 0 Å². The van der Waals surface area contributed by atoms with Crippen LogP contribution in [0.3, 0.4) is 0 Å². The van der Waals surface area contributed by atoms with Gasteiger partial charge in [0.05, 0.1) is 6.10 Å². The first kappa shape index (κ1) is 14.1. The van der Waals surface area contributed by atoms with Crippen molar-refractivity contribution in [3.63, 3.8) is 0 Å². The van der Waals surface area contributed by atoms with Crippen molar-refractivity contribution in [2.75, 3.05) is 13.1 Å². The molecule has 2 aliphatic carbocycles. The van der Waals surface area contributed by atoms with Gasteiger partial charge in [-0.05, 0) is 60.6 Å². The van der Waals surface area contributed by atoms with E-state index in [1.165, 1.54) is 25.7 Å². The molecule has 0 aromatic heterocycles. The van der Waals surface area contributed by atoms with Crippen molar-refractivity contribution in [2.24, 2.45) is 0 Å². The zero-order chi connectivity index (χ0) is 13.9. The molecule has 0 spiro atoms. The minimum Gasteiger partial charge on any atom is -0.392 e. The minimum absolute atomic E-state index is 0.183. The van der Waals surface area contributed by atoms with Crippen LogP contribution in [0.1, 0.15) is 67.6 Å². The fourth-order valence-corrected chi connectivity index (χ4v) is 4.10.